The largest absolute Gasteiger partial charge is 0.497 e. The van der Waals surface area contributed by atoms with Crippen LogP contribution in [0.5, 0.6) is 5.75 Å². The lowest BCUT2D eigenvalue weighted by atomic mass is 9.91. The first-order chi connectivity index (χ1) is 17.6. The quantitative estimate of drug-likeness (QED) is 0.382. The molecular weight excluding hydrogens is 458 g/mol. The Balaban J connectivity index is 1.14. The summed E-state index contributed by atoms with van der Waals surface area (Å²) >= 11 is 0. The van der Waals surface area contributed by atoms with Gasteiger partial charge >= 0.3 is 0 Å². The minimum atomic E-state index is -0.533. The van der Waals surface area contributed by atoms with E-state index < -0.39 is 5.41 Å². The van der Waals surface area contributed by atoms with Crippen LogP contribution in [0, 0.1) is 0 Å². The van der Waals surface area contributed by atoms with Crippen LogP contribution >= 0.6 is 0 Å². The van der Waals surface area contributed by atoms with Gasteiger partial charge in [0.15, 0.2) is 5.82 Å². The zero-order chi connectivity index (χ0) is 24.4. The molecule has 0 radical (unpaired) electrons. The maximum Gasteiger partial charge on any atom is 0.235 e. The molecule has 1 saturated heterocycles. The number of hydrogen-bond acceptors (Lipinski definition) is 8. The van der Waals surface area contributed by atoms with Gasteiger partial charge in [-0.3, -0.25) is 9.89 Å². The van der Waals surface area contributed by atoms with Crippen LogP contribution in [-0.4, -0.2) is 59.5 Å². The molecule has 10 heteroatoms. The number of aromatic nitrogens is 4. The molecule has 3 N–H and O–H groups in total. The van der Waals surface area contributed by atoms with Crippen molar-refractivity contribution < 1.29 is 14.3 Å². The second-order valence-electron chi connectivity index (χ2n) is 9.62. The molecule has 1 aliphatic carbocycles. The molecule has 2 aromatic heterocycles. The lowest BCUT2D eigenvalue weighted by Gasteiger charge is -2.38. The number of benzene rings is 2. The van der Waals surface area contributed by atoms with Crippen LogP contribution in [0.4, 0.5) is 23.1 Å². The Kier molecular flexibility index (Phi) is 4.50. The predicted molar refractivity (Wildman–Crippen MR) is 135 cm³/mol. The van der Waals surface area contributed by atoms with Crippen LogP contribution in [0.25, 0.3) is 10.9 Å². The predicted octanol–water partition coefficient (Wildman–Crippen LogP) is 3.32. The standard InChI is InChI=1S/C26H25N7O3/c1-35-15-4-6-20-18(8-15)26(25(34)29-20)10-19(26)14-3-5-17-21(7-14)31-32-24(17)30-22-9-23(28-13-27-22)33-11-16(12-33)36-2/h3-9,13,16,19H,10-12H2,1-2H3,(H,29,34)(H2,27,28,30,31,32)/t19-,26-/m0/s1. The van der Waals surface area contributed by atoms with Gasteiger partial charge in [0.1, 0.15) is 23.7 Å². The third kappa shape index (κ3) is 3.07. The van der Waals surface area contributed by atoms with E-state index in [4.69, 9.17) is 9.47 Å². The molecule has 4 heterocycles. The number of nitrogens with zero attached hydrogens (tertiary/aromatic N) is 4. The summed E-state index contributed by atoms with van der Waals surface area (Å²) in [6.07, 6.45) is 2.57. The van der Waals surface area contributed by atoms with Crippen LogP contribution in [-0.2, 0) is 14.9 Å². The molecule has 0 bridgehead atoms. The minimum Gasteiger partial charge on any atom is -0.497 e. The van der Waals surface area contributed by atoms with Gasteiger partial charge in [0, 0.05) is 43.3 Å². The molecule has 4 aromatic rings. The van der Waals surface area contributed by atoms with Crippen LogP contribution in [0.3, 0.4) is 0 Å². The average molecular weight is 484 g/mol. The maximum atomic E-state index is 13.0. The van der Waals surface area contributed by atoms with Gasteiger partial charge in [-0.25, -0.2) is 9.97 Å². The lowest BCUT2D eigenvalue weighted by Crippen LogP contribution is -2.52. The second-order valence-corrected chi connectivity index (χ2v) is 9.62. The molecule has 36 heavy (non-hydrogen) atoms. The van der Waals surface area contributed by atoms with Gasteiger partial charge in [-0.15, -0.1) is 0 Å². The SMILES string of the molecule is COc1ccc2c(c1)[C@]1(C[C@H]1c1ccc3c(Nc4cc(N5CC(OC)C5)ncn4)n[nH]c3c1)C(=O)N2. The van der Waals surface area contributed by atoms with E-state index in [0.29, 0.717) is 11.6 Å². The monoisotopic (exact) mass is 483 g/mol. The number of anilines is 4. The fraction of sp³-hybridized carbons (Fsp3) is 0.308. The van der Waals surface area contributed by atoms with Gasteiger partial charge in [0.05, 0.1) is 24.1 Å². The van der Waals surface area contributed by atoms with E-state index in [2.05, 4.69) is 47.8 Å². The molecule has 2 fully saturated rings. The zero-order valence-corrected chi connectivity index (χ0v) is 19.9. The summed E-state index contributed by atoms with van der Waals surface area (Å²) in [7, 11) is 3.37. The Morgan fingerprint density at radius 2 is 2.00 bits per heavy atom. The number of H-pyrrole nitrogens is 1. The van der Waals surface area contributed by atoms with E-state index in [1.807, 2.05) is 30.3 Å². The molecule has 7 rings (SSSR count). The van der Waals surface area contributed by atoms with E-state index in [-0.39, 0.29) is 17.9 Å². The van der Waals surface area contributed by atoms with Gasteiger partial charge < -0.3 is 25.0 Å². The van der Waals surface area contributed by atoms with Gasteiger partial charge in [-0.1, -0.05) is 6.07 Å². The molecule has 2 atom stereocenters. The first-order valence-electron chi connectivity index (χ1n) is 11.9. The summed E-state index contributed by atoms with van der Waals surface area (Å²) in [6, 6.07) is 13.9. The number of carbonyl (C=O) groups excluding carboxylic acids is 1. The van der Waals surface area contributed by atoms with Crippen molar-refractivity contribution in [2.75, 3.05) is 42.8 Å². The molecule has 2 aromatic carbocycles. The molecule has 1 saturated carbocycles. The van der Waals surface area contributed by atoms with E-state index in [1.54, 1.807) is 20.5 Å². The highest BCUT2D eigenvalue weighted by molar-refractivity contribution is 6.10. The summed E-state index contributed by atoms with van der Waals surface area (Å²) < 4.78 is 10.8. The highest BCUT2D eigenvalue weighted by atomic mass is 16.5. The lowest BCUT2D eigenvalue weighted by molar-refractivity contribution is -0.118. The van der Waals surface area contributed by atoms with Gasteiger partial charge in [0.25, 0.3) is 0 Å². The van der Waals surface area contributed by atoms with E-state index in [0.717, 1.165) is 58.8 Å². The number of fused-ring (bicyclic) bond motifs is 3. The second kappa shape index (κ2) is 7.66. The van der Waals surface area contributed by atoms with Crippen molar-refractivity contribution in [2.45, 2.75) is 23.9 Å². The number of rotatable bonds is 6. The van der Waals surface area contributed by atoms with Gasteiger partial charge in [0.2, 0.25) is 5.91 Å². The van der Waals surface area contributed by atoms with Crippen molar-refractivity contribution >= 4 is 40.0 Å². The molecule has 1 amide bonds. The Morgan fingerprint density at radius 1 is 1.11 bits per heavy atom. The van der Waals surface area contributed by atoms with Gasteiger partial charge in [-0.05, 0) is 47.9 Å². The normalized spacial score (nSPS) is 22.4. The number of amides is 1. The van der Waals surface area contributed by atoms with Gasteiger partial charge in [-0.2, -0.15) is 5.10 Å². The Morgan fingerprint density at radius 3 is 2.83 bits per heavy atom. The Bertz CT molecular complexity index is 1510. The molecule has 182 valence electrons. The Labute approximate surface area is 207 Å². The number of methoxy groups -OCH3 is 2. The summed E-state index contributed by atoms with van der Waals surface area (Å²) in [5.41, 5.74) is 3.37. The number of aromatic amines is 1. The summed E-state index contributed by atoms with van der Waals surface area (Å²) in [5, 5.41) is 14.9. The van der Waals surface area contributed by atoms with Crippen molar-refractivity contribution in [1.82, 2.24) is 20.2 Å². The van der Waals surface area contributed by atoms with Crippen molar-refractivity contribution in [2.24, 2.45) is 0 Å². The van der Waals surface area contributed by atoms with Crippen molar-refractivity contribution in [3.8, 4) is 5.75 Å². The smallest absolute Gasteiger partial charge is 0.235 e. The van der Waals surface area contributed by atoms with Crippen LogP contribution in [0.2, 0.25) is 0 Å². The third-order valence-corrected chi connectivity index (χ3v) is 7.72. The highest BCUT2D eigenvalue weighted by Gasteiger charge is 2.65. The molecular formula is C26H25N7O3. The number of carbonyl (C=O) groups is 1. The fourth-order valence-corrected chi connectivity index (χ4v) is 5.53. The van der Waals surface area contributed by atoms with Crippen molar-refractivity contribution in [1.29, 1.82) is 0 Å². The minimum absolute atomic E-state index is 0.0569. The van der Waals surface area contributed by atoms with E-state index in [1.165, 1.54) is 0 Å². The zero-order valence-electron chi connectivity index (χ0n) is 19.9. The third-order valence-electron chi connectivity index (χ3n) is 7.72. The fourth-order valence-electron chi connectivity index (χ4n) is 5.53. The van der Waals surface area contributed by atoms with E-state index in [9.17, 15) is 4.79 Å². The molecule has 2 aliphatic heterocycles. The summed E-state index contributed by atoms with van der Waals surface area (Å²) in [5.74, 6) is 3.14. The summed E-state index contributed by atoms with van der Waals surface area (Å²) in [4.78, 5) is 23.9. The van der Waals surface area contributed by atoms with Crippen molar-refractivity contribution in [3.63, 3.8) is 0 Å². The number of nitrogens with one attached hydrogen (secondary N) is 3. The number of ether oxygens (including phenoxy) is 2. The van der Waals surface area contributed by atoms with Crippen LogP contribution in [0.1, 0.15) is 23.5 Å². The Hall–Kier alpha value is -4.18. The summed E-state index contributed by atoms with van der Waals surface area (Å²) in [6.45, 7) is 1.64. The first kappa shape index (κ1) is 21.1. The van der Waals surface area contributed by atoms with E-state index >= 15 is 0 Å². The molecule has 0 unspecified atom stereocenters. The molecule has 1 spiro atoms. The molecule has 3 aliphatic rings. The van der Waals surface area contributed by atoms with Crippen LogP contribution in [0.15, 0.2) is 48.8 Å². The number of hydrogen-bond donors (Lipinski definition) is 3. The average Bonchev–Trinajstić information content (AvgIpc) is 3.42. The first-order valence-corrected chi connectivity index (χ1v) is 11.9. The molecule has 10 nitrogen and oxygen atoms in total. The topological polar surface area (TPSA) is 117 Å². The van der Waals surface area contributed by atoms with Crippen LogP contribution < -0.4 is 20.3 Å². The van der Waals surface area contributed by atoms with Crippen molar-refractivity contribution in [3.05, 3.63) is 59.9 Å². The highest BCUT2D eigenvalue weighted by Crippen LogP contribution is 2.65. The maximum absolute atomic E-state index is 13.0.